The fourth-order valence-electron chi connectivity index (χ4n) is 3.15. The Morgan fingerprint density at radius 3 is 2.70 bits per heavy atom. The van der Waals surface area contributed by atoms with Crippen LogP contribution in [0.25, 0.3) is 0 Å². The highest BCUT2D eigenvalue weighted by Gasteiger charge is 2.20. The van der Waals surface area contributed by atoms with Crippen molar-refractivity contribution < 1.29 is 4.74 Å². The average molecular weight is 274 g/mol. The predicted octanol–water partition coefficient (Wildman–Crippen LogP) is 3.71. The second-order valence-corrected chi connectivity index (χ2v) is 5.73. The number of hydrogen-bond donors (Lipinski definition) is 2. The normalized spacial score (nSPS) is 16.7. The lowest BCUT2D eigenvalue weighted by molar-refractivity contribution is 0.397. The quantitative estimate of drug-likeness (QED) is 0.489. The molecule has 0 radical (unpaired) electrons. The maximum atomic E-state index is 5.82. The summed E-state index contributed by atoms with van der Waals surface area (Å²) in [6.45, 7) is 4.22. The number of ether oxygens (including phenoxy) is 1. The van der Waals surface area contributed by atoms with Crippen molar-refractivity contribution in [3.05, 3.63) is 40.5 Å². The first-order valence-electron chi connectivity index (χ1n) is 7.45. The molecule has 1 aliphatic carbocycles. The van der Waals surface area contributed by atoms with E-state index in [-0.39, 0.29) is 6.04 Å². The summed E-state index contributed by atoms with van der Waals surface area (Å²) >= 11 is 0. The van der Waals surface area contributed by atoms with E-state index in [9.17, 15) is 0 Å². The van der Waals surface area contributed by atoms with Crippen molar-refractivity contribution in [3.63, 3.8) is 0 Å². The third-order valence-corrected chi connectivity index (χ3v) is 4.11. The first-order chi connectivity index (χ1) is 9.65. The monoisotopic (exact) mass is 274 g/mol. The molecule has 0 aliphatic heterocycles. The molecule has 1 aliphatic rings. The van der Waals surface area contributed by atoms with Crippen LogP contribution >= 0.6 is 0 Å². The highest BCUT2D eigenvalue weighted by molar-refractivity contribution is 5.45. The number of methoxy groups -OCH3 is 1. The zero-order valence-corrected chi connectivity index (χ0v) is 12.8. The molecule has 0 saturated heterocycles. The molecule has 1 aromatic carbocycles. The Morgan fingerprint density at radius 2 is 2.10 bits per heavy atom. The van der Waals surface area contributed by atoms with Gasteiger partial charge in [-0.3, -0.25) is 11.3 Å². The molecule has 110 valence electrons. The molecule has 1 unspecified atom stereocenters. The molecule has 0 fully saturated rings. The topological polar surface area (TPSA) is 47.3 Å². The van der Waals surface area contributed by atoms with E-state index < -0.39 is 0 Å². The molecule has 2 rings (SSSR count). The van der Waals surface area contributed by atoms with Crippen molar-refractivity contribution in [2.45, 2.75) is 52.0 Å². The van der Waals surface area contributed by atoms with Gasteiger partial charge in [0.2, 0.25) is 0 Å². The molecule has 0 amide bonds. The van der Waals surface area contributed by atoms with Gasteiger partial charge in [-0.25, -0.2) is 0 Å². The van der Waals surface area contributed by atoms with Gasteiger partial charge in [-0.15, -0.1) is 0 Å². The third kappa shape index (κ3) is 3.41. The van der Waals surface area contributed by atoms with Crippen LogP contribution in [0, 0.1) is 13.8 Å². The molecule has 0 bridgehead atoms. The van der Waals surface area contributed by atoms with E-state index in [0.717, 1.165) is 12.2 Å². The van der Waals surface area contributed by atoms with Crippen LogP contribution in [0.4, 0.5) is 0 Å². The molecule has 0 aromatic heterocycles. The van der Waals surface area contributed by atoms with Crippen LogP contribution in [-0.2, 0) is 0 Å². The molecule has 0 heterocycles. The van der Waals surface area contributed by atoms with Gasteiger partial charge in [-0.05, 0) is 63.1 Å². The minimum absolute atomic E-state index is 0.120. The van der Waals surface area contributed by atoms with Gasteiger partial charge in [0, 0.05) is 5.56 Å². The van der Waals surface area contributed by atoms with Crippen LogP contribution in [0.1, 0.15) is 54.8 Å². The largest absolute Gasteiger partial charge is 0.496 e. The standard InChI is InChI=1S/C17H26N2O/c1-12-9-13(2)17(16(10-12)20-3)15(19-18)11-14-7-5-4-6-8-14/h7,9-10,15,19H,4-6,8,11,18H2,1-3H3. The Labute approximate surface area is 122 Å². The van der Waals surface area contributed by atoms with Crippen molar-refractivity contribution in [3.8, 4) is 5.75 Å². The first kappa shape index (κ1) is 15.1. The fourth-order valence-corrected chi connectivity index (χ4v) is 3.15. The number of allylic oxidation sites excluding steroid dienone is 1. The number of nitrogens with one attached hydrogen (secondary N) is 1. The Kier molecular flexibility index (Phi) is 5.21. The lowest BCUT2D eigenvalue weighted by Gasteiger charge is -2.24. The fraction of sp³-hybridized carbons (Fsp3) is 0.529. The number of rotatable bonds is 5. The molecule has 3 N–H and O–H groups in total. The second kappa shape index (κ2) is 6.91. The van der Waals surface area contributed by atoms with E-state index in [2.05, 4.69) is 37.5 Å². The number of benzene rings is 1. The molecule has 20 heavy (non-hydrogen) atoms. The summed E-state index contributed by atoms with van der Waals surface area (Å²) in [7, 11) is 1.73. The molecule has 3 heteroatoms. The van der Waals surface area contributed by atoms with Crippen molar-refractivity contribution in [1.82, 2.24) is 5.43 Å². The van der Waals surface area contributed by atoms with Gasteiger partial charge in [0.1, 0.15) is 5.75 Å². The van der Waals surface area contributed by atoms with Gasteiger partial charge in [0.05, 0.1) is 13.2 Å². The van der Waals surface area contributed by atoms with Crippen molar-refractivity contribution >= 4 is 0 Å². The number of hydrazine groups is 1. The van der Waals surface area contributed by atoms with Gasteiger partial charge in [0.25, 0.3) is 0 Å². The minimum Gasteiger partial charge on any atom is -0.496 e. The summed E-state index contributed by atoms with van der Waals surface area (Å²) in [5.74, 6) is 6.75. The van der Waals surface area contributed by atoms with Gasteiger partial charge in [0.15, 0.2) is 0 Å². The summed E-state index contributed by atoms with van der Waals surface area (Å²) in [4.78, 5) is 0. The van der Waals surface area contributed by atoms with Crippen molar-refractivity contribution in [2.75, 3.05) is 7.11 Å². The second-order valence-electron chi connectivity index (χ2n) is 5.73. The van der Waals surface area contributed by atoms with E-state index >= 15 is 0 Å². The minimum atomic E-state index is 0.120. The van der Waals surface area contributed by atoms with Gasteiger partial charge in [-0.1, -0.05) is 17.7 Å². The van der Waals surface area contributed by atoms with Gasteiger partial charge >= 0.3 is 0 Å². The van der Waals surface area contributed by atoms with Gasteiger partial charge < -0.3 is 4.74 Å². The SMILES string of the molecule is COc1cc(C)cc(C)c1C(CC1=CCCCC1)NN. The summed E-state index contributed by atoms with van der Waals surface area (Å²) in [6.07, 6.45) is 8.37. The van der Waals surface area contributed by atoms with E-state index in [0.29, 0.717) is 0 Å². The summed E-state index contributed by atoms with van der Waals surface area (Å²) in [5, 5.41) is 0. The molecular weight excluding hydrogens is 248 g/mol. The van der Waals surface area contributed by atoms with E-state index in [4.69, 9.17) is 10.6 Å². The van der Waals surface area contributed by atoms with Crippen LogP contribution in [-0.4, -0.2) is 7.11 Å². The van der Waals surface area contributed by atoms with Crippen molar-refractivity contribution in [2.24, 2.45) is 5.84 Å². The zero-order valence-electron chi connectivity index (χ0n) is 12.8. The number of nitrogens with two attached hydrogens (primary N) is 1. The summed E-state index contributed by atoms with van der Waals surface area (Å²) < 4.78 is 5.56. The van der Waals surface area contributed by atoms with Crippen LogP contribution in [0.5, 0.6) is 5.75 Å². The predicted molar refractivity (Wildman–Crippen MR) is 83.7 cm³/mol. The van der Waals surface area contributed by atoms with Crippen LogP contribution in [0.3, 0.4) is 0 Å². The van der Waals surface area contributed by atoms with Crippen LogP contribution in [0.2, 0.25) is 0 Å². The lowest BCUT2D eigenvalue weighted by atomic mass is 9.89. The smallest absolute Gasteiger partial charge is 0.124 e. The zero-order chi connectivity index (χ0) is 14.5. The lowest BCUT2D eigenvalue weighted by Crippen LogP contribution is -2.29. The van der Waals surface area contributed by atoms with Crippen LogP contribution in [0.15, 0.2) is 23.8 Å². The first-order valence-corrected chi connectivity index (χ1v) is 7.45. The highest BCUT2D eigenvalue weighted by Crippen LogP contribution is 2.34. The van der Waals surface area contributed by atoms with E-state index in [1.54, 1.807) is 7.11 Å². The van der Waals surface area contributed by atoms with Crippen LogP contribution < -0.4 is 16.0 Å². The average Bonchev–Trinajstić information content (AvgIpc) is 2.45. The maximum Gasteiger partial charge on any atom is 0.124 e. The number of hydrogen-bond acceptors (Lipinski definition) is 3. The molecule has 1 aromatic rings. The summed E-state index contributed by atoms with van der Waals surface area (Å²) in [5.41, 5.74) is 8.14. The Balaban J connectivity index is 2.29. The molecular formula is C17H26N2O. The Bertz CT molecular complexity index is 494. The number of aryl methyl sites for hydroxylation is 2. The van der Waals surface area contributed by atoms with Gasteiger partial charge in [-0.2, -0.15) is 0 Å². The molecule has 0 saturated carbocycles. The molecule has 0 spiro atoms. The van der Waals surface area contributed by atoms with E-state index in [1.165, 1.54) is 47.9 Å². The van der Waals surface area contributed by atoms with E-state index in [1.807, 2.05) is 0 Å². The molecule has 3 nitrogen and oxygen atoms in total. The Hall–Kier alpha value is -1.32. The summed E-state index contributed by atoms with van der Waals surface area (Å²) in [6, 6.07) is 4.40. The van der Waals surface area contributed by atoms with Crippen molar-refractivity contribution in [1.29, 1.82) is 0 Å². The third-order valence-electron chi connectivity index (χ3n) is 4.11. The maximum absolute atomic E-state index is 5.82. The molecule has 1 atom stereocenters. The highest BCUT2D eigenvalue weighted by atomic mass is 16.5. The Morgan fingerprint density at radius 1 is 1.30 bits per heavy atom.